The monoisotopic (exact) mass is 279 g/mol. The third-order valence-corrected chi connectivity index (χ3v) is 3.22. The summed E-state index contributed by atoms with van der Waals surface area (Å²) in [6, 6.07) is 5.40. The molecule has 19 heavy (non-hydrogen) atoms. The molecule has 0 aliphatic rings. The van der Waals surface area contributed by atoms with Crippen molar-refractivity contribution < 1.29 is 9.18 Å². The number of H-pyrrole nitrogens is 1. The zero-order valence-corrected chi connectivity index (χ0v) is 10.8. The quantitative estimate of drug-likeness (QED) is 0.661. The zero-order valence-electron chi connectivity index (χ0n) is 9.94. The number of carbonyl (C=O) groups excluding carboxylic acids is 1. The number of nitrogens with zero attached hydrogens (tertiary/aromatic N) is 1. The highest BCUT2D eigenvalue weighted by molar-refractivity contribution is 7.99. The van der Waals surface area contributed by atoms with Crippen LogP contribution in [-0.2, 0) is 0 Å². The fourth-order valence-corrected chi connectivity index (χ4v) is 2.54. The van der Waals surface area contributed by atoms with Gasteiger partial charge in [0.2, 0.25) is 0 Å². The minimum Gasteiger partial charge on any atom is -0.383 e. The van der Waals surface area contributed by atoms with Crippen molar-refractivity contribution in [3.63, 3.8) is 0 Å². The van der Waals surface area contributed by atoms with Crippen molar-refractivity contribution in [2.45, 2.75) is 17.0 Å². The summed E-state index contributed by atoms with van der Waals surface area (Å²) in [5, 5.41) is 0.207. The van der Waals surface area contributed by atoms with Crippen molar-refractivity contribution >= 4 is 23.4 Å². The molecule has 0 aliphatic heterocycles. The van der Waals surface area contributed by atoms with E-state index in [1.807, 2.05) is 0 Å². The van der Waals surface area contributed by atoms with Crippen LogP contribution in [0.4, 0.5) is 10.2 Å². The Morgan fingerprint density at radius 3 is 2.84 bits per heavy atom. The summed E-state index contributed by atoms with van der Waals surface area (Å²) in [6.07, 6.45) is 0. The van der Waals surface area contributed by atoms with E-state index in [1.54, 1.807) is 6.07 Å². The van der Waals surface area contributed by atoms with Crippen LogP contribution in [0, 0.1) is 5.82 Å². The van der Waals surface area contributed by atoms with Gasteiger partial charge in [-0.15, -0.1) is 0 Å². The number of hydrogen-bond acceptors (Lipinski definition) is 5. The van der Waals surface area contributed by atoms with E-state index in [9.17, 15) is 14.0 Å². The molecule has 1 heterocycles. The molecule has 7 heteroatoms. The molecule has 0 radical (unpaired) electrons. The van der Waals surface area contributed by atoms with Crippen LogP contribution in [0.3, 0.4) is 0 Å². The number of nitrogens with one attached hydrogen (secondary N) is 1. The number of halogens is 1. The van der Waals surface area contributed by atoms with Gasteiger partial charge in [0.1, 0.15) is 11.6 Å². The van der Waals surface area contributed by atoms with Crippen LogP contribution in [0.25, 0.3) is 0 Å². The fraction of sp³-hybridized carbons (Fsp3) is 0.0833. The van der Waals surface area contributed by atoms with Crippen molar-refractivity contribution in [1.29, 1.82) is 0 Å². The number of Topliss-reactive ketones (excluding diaryl/α,β-unsaturated/α-hetero) is 1. The van der Waals surface area contributed by atoms with Gasteiger partial charge < -0.3 is 10.7 Å². The molecule has 3 N–H and O–H groups in total. The van der Waals surface area contributed by atoms with E-state index >= 15 is 0 Å². The molecule has 0 amide bonds. The molecular weight excluding hydrogens is 269 g/mol. The maximum atomic E-state index is 13.6. The number of hydrogen-bond donors (Lipinski definition) is 2. The van der Waals surface area contributed by atoms with E-state index in [0.29, 0.717) is 4.90 Å². The number of nitrogens with two attached hydrogens (primary N) is 1. The second kappa shape index (κ2) is 5.23. The molecular formula is C12H10FN3O2S. The van der Waals surface area contributed by atoms with Gasteiger partial charge in [0.15, 0.2) is 10.9 Å². The van der Waals surface area contributed by atoms with Crippen molar-refractivity contribution in [3.8, 4) is 0 Å². The number of benzene rings is 1. The van der Waals surface area contributed by atoms with Crippen LogP contribution in [0.1, 0.15) is 17.3 Å². The first-order valence-electron chi connectivity index (χ1n) is 5.31. The SMILES string of the molecule is CC(=O)c1c(F)cccc1Sc1nc(N)cc(=O)[nH]1. The fourth-order valence-electron chi connectivity index (χ4n) is 1.54. The smallest absolute Gasteiger partial charge is 0.253 e. The van der Waals surface area contributed by atoms with Gasteiger partial charge in [-0.05, 0) is 19.1 Å². The summed E-state index contributed by atoms with van der Waals surface area (Å²) in [5.41, 5.74) is 5.02. The number of aromatic nitrogens is 2. The molecule has 0 saturated carbocycles. The van der Waals surface area contributed by atoms with Gasteiger partial charge in [-0.3, -0.25) is 9.59 Å². The standard InChI is InChI=1S/C12H10FN3O2S/c1-6(17)11-7(13)3-2-4-8(11)19-12-15-9(14)5-10(18)16-12/h2-5H,1H3,(H3,14,15,16,18). The van der Waals surface area contributed by atoms with Crippen molar-refractivity contribution in [2.24, 2.45) is 0 Å². The molecule has 0 atom stereocenters. The molecule has 2 aromatic rings. The number of anilines is 1. The van der Waals surface area contributed by atoms with Gasteiger partial charge in [0, 0.05) is 11.0 Å². The Morgan fingerprint density at radius 2 is 2.21 bits per heavy atom. The average Bonchev–Trinajstić information content (AvgIpc) is 2.26. The first kappa shape index (κ1) is 13.3. The second-order valence-electron chi connectivity index (χ2n) is 3.75. The van der Waals surface area contributed by atoms with Crippen molar-refractivity contribution in [2.75, 3.05) is 5.73 Å². The summed E-state index contributed by atoms with van der Waals surface area (Å²) >= 11 is 0.978. The number of aromatic amines is 1. The van der Waals surface area contributed by atoms with E-state index in [2.05, 4.69) is 9.97 Å². The zero-order chi connectivity index (χ0) is 14.0. The Hall–Kier alpha value is -2.15. The van der Waals surface area contributed by atoms with Crippen LogP contribution in [0.5, 0.6) is 0 Å². The minimum atomic E-state index is -0.608. The Morgan fingerprint density at radius 1 is 1.47 bits per heavy atom. The number of carbonyl (C=O) groups is 1. The summed E-state index contributed by atoms with van der Waals surface area (Å²) in [7, 11) is 0. The summed E-state index contributed by atoms with van der Waals surface area (Å²) in [4.78, 5) is 29.4. The molecule has 98 valence electrons. The first-order chi connectivity index (χ1) is 8.97. The van der Waals surface area contributed by atoms with Crippen LogP contribution in [-0.4, -0.2) is 15.8 Å². The lowest BCUT2D eigenvalue weighted by Gasteiger charge is -2.07. The van der Waals surface area contributed by atoms with E-state index in [4.69, 9.17) is 5.73 Å². The Bertz CT molecular complexity index is 700. The molecule has 0 spiro atoms. The highest BCUT2D eigenvalue weighted by Crippen LogP contribution is 2.29. The minimum absolute atomic E-state index is 0.0300. The second-order valence-corrected chi connectivity index (χ2v) is 4.78. The maximum Gasteiger partial charge on any atom is 0.253 e. The highest BCUT2D eigenvalue weighted by Gasteiger charge is 2.14. The summed E-state index contributed by atoms with van der Waals surface area (Å²) in [6.45, 7) is 1.28. The van der Waals surface area contributed by atoms with Crippen LogP contribution in [0.15, 0.2) is 39.1 Å². The van der Waals surface area contributed by atoms with Crippen LogP contribution < -0.4 is 11.3 Å². The van der Waals surface area contributed by atoms with Crippen molar-refractivity contribution in [3.05, 3.63) is 46.0 Å². The molecule has 1 aromatic heterocycles. The predicted molar refractivity (Wildman–Crippen MR) is 69.8 cm³/mol. The van der Waals surface area contributed by atoms with E-state index in [-0.39, 0.29) is 16.5 Å². The summed E-state index contributed by atoms with van der Waals surface area (Å²) in [5.74, 6) is -0.942. The first-order valence-corrected chi connectivity index (χ1v) is 6.13. The van der Waals surface area contributed by atoms with Gasteiger partial charge in [0.05, 0.1) is 5.56 Å². The topological polar surface area (TPSA) is 88.8 Å². The predicted octanol–water partition coefficient (Wildman–Crippen LogP) is 1.84. The van der Waals surface area contributed by atoms with Crippen molar-refractivity contribution in [1.82, 2.24) is 9.97 Å². The largest absolute Gasteiger partial charge is 0.383 e. The highest BCUT2D eigenvalue weighted by atomic mass is 32.2. The van der Waals surface area contributed by atoms with Gasteiger partial charge in [-0.2, -0.15) is 0 Å². The molecule has 0 unspecified atom stereocenters. The van der Waals surface area contributed by atoms with E-state index in [0.717, 1.165) is 17.8 Å². The Kier molecular flexibility index (Phi) is 3.66. The molecule has 2 rings (SSSR count). The maximum absolute atomic E-state index is 13.6. The van der Waals surface area contributed by atoms with E-state index < -0.39 is 17.2 Å². The number of nitrogen functional groups attached to an aromatic ring is 1. The van der Waals surface area contributed by atoms with Crippen LogP contribution in [0.2, 0.25) is 0 Å². The molecule has 0 aliphatic carbocycles. The lowest BCUT2D eigenvalue weighted by molar-refractivity contribution is 0.101. The van der Waals surface area contributed by atoms with Gasteiger partial charge in [-0.25, -0.2) is 9.37 Å². The molecule has 0 bridgehead atoms. The Balaban J connectivity index is 2.46. The number of rotatable bonds is 3. The third-order valence-electron chi connectivity index (χ3n) is 2.27. The van der Waals surface area contributed by atoms with E-state index in [1.165, 1.54) is 19.1 Å². The lowest BCUT2D eigenvalue weighted by atomic mass is 10.1. The molecule has 0 fully saturated rings. The number of ketones is 1. The third kappa shape index (κ3) is 3.00. The molecule has 5 nitrogen and oxygen atoms in total. The van der Waals surface area contributed by atoms with Gasteiger partial charge >= 0.3 is 0 Å². The van der Waals surface area contributed by atoms with Crippen LogP contribution >= 0.6 is 11.8 Å². The summed E-state index contributed by atoms with van der Waals surface area (Å²) < 4.78 is 13.6. The molecule has 0 saturated heterocycles. The van der Waals surface area contributed by atoms with Gasteiger partial charge in [-0.1, -0.05) is 17.8 Å². The normalized spacial score (nSPS) is 10.4. The average molecular weight is 279 g/mol. The lowest BCUT2D eigenvalue weighted by Crippen LogP contribution is -2.09. The van der Waals surface area contributed by atoms with Gasteiger partial charge in [0.25, 0.3) is 5.56 Å². The Labute approximate surface area is 112 Å². The molecule has 1 aromatic carbocycles.